The lowest BCUT2D eigenvalue weighted by atomic mass is 9.91. The number of ether oxygens (including phenoxy) is 2. The van der Waals surface area contributed by atoms with Crippen LogP contribution in [0, 0.1) is 0 Å². The highest BCUT2D eigenvalue weighted by Gasteiger charge is 2.36. The Bertz CT molecular complexity index is 1680. The van der Waals surface area contributed by atoms with E-state index in [1.807, 2.05) is 0 Å². The smallest absolute Gasteiger partial charge is 0.416 e. The molecule has 11 heteroatoms. The molecule has 2 heterocycles. The number of alkyl halides is 3. The summed E-state index contributed by atoms with van der Waals surface area (Å²) >= 11 is 0. The fourth-order valence-electron chi connectivity index (χ4n) is 5.48. The van der Waals surface area contributed by atoms with Crippen molar-refractivity contribution >= 4 is 27.0 Å². The van der Waals surface area contributed by atoms with Crippen molar-refractivity contribution in [2.45, 2.75) is 69.0 Å². The van der Waals surface area contributed by atoms with Crippen LogP contribution in [-0.2, 0) is 38.8 Å². The fourth-order valence-corrected chi connectivity index (χ4v) is 7.03. The van der Waals surface area contributed by atoms with E-state index in [1.54, 1.807) is 49.4 Å². The van der Waals surface area contributed by atoms with Gasteiger partial charge in [-0.1, -0.05) is 43.2 Å². The van der Waals surface area contributed by atoms with Gasteiger partial charge >= 0.3 is 12.1 Å². The molecule has 7 nitrogen and oxygen atoms in total. The molecule has 1 saturated carbocycles. The summed E-state index contributed by atoms with van der Waals surface area (Å²) in [6.07, 6.45) is 0.301. The van der Waals surface area contributed by atoms with Crippen molar-refractivity contribution in [2.24, 2.45) is 0 Å². The summed E-state index contributed by atoms with van der Waals surface area (Å²) in [6, 6.07) is 15.4. The summed E-state index contributed by atoms with van der Waals surface area (Å²) in [7, 11) is -4.06. The highest BCUT2D eigenvalue weighted by Crippen LogP contribution is 2.42. The molecule has 4 aromatic rings. The minimum absolute atomic E-state index is 0.0315. The second kappa shape index (κ2) is 12.2. The van der Waals surface area contributed by atoms with Crippen molar-refractivity contribution in [2.75, 3.05) is 6.61 Å². The van der Waals surface area contributed by atoms with Crippen LogP contribution in [0.15, 0.2) is 71.8 Å². The third kappa shape index (κ3) is 6.30. The van der Waals surface area contributed by atoms with E-state index < -0.39 is 27.7 Å². The van der Waals surface area contributed by atoms with Crippen molar-refractivity contribution in [3.63, 3.8) is 0 Å². The molecule has 0 bridgehead atoms. The summed E-state index contributed by atoms with van der Waals surface area (Å²) in [5, 5.41) is 0.443. The highest BCUT2D eigenvalue weighted by atomic mass is 32.2. The van der Waals surface area contributed by atoms with Crippen molar-refractivity contribution in [3.8, 4) is 5.75 Å². The van der Waals surface area contributed by atoms with E-state index >= 15 is 0 Å². The molecule has 222 valence electrons. The van der Waals surface area contributed by atoms with E-state index in [-0.39, 0.29) is 48.3 Å². The van der Waals surface area contributed by atoms with E-state index in [1.165, 1.54) is 18.3 Å². The third-order valence-electron chi connectivity index (χ3n) is 7.44. The van der Waals surface area contributed by atoms with Crippen LogP contribution in [0.4, 0.5) is 13.2 Å². The first-order chi connectivity index (χ1) is 20.1. The lowest BCUT2D eigenvalue weighted by Crippen LogP contribution is -2.17. The molecule has 0 unspecified atom stereocenters. The van der Waals surface area contributed by atoms with Crippen LogP contribution >= 0.6 is 0 Å². The normalized spacial score (nSPS) is 14.4. The van der Waals surface area contributed by atoms with Gasteiger partial charge in [-0.25, -0.2) is 17.4 Å². The first-order valence-electron chi connectivity index (χ1n) is 13.9. The zero-order chi connectivity index (χ0) is 29.9. The molecule has 2 aromatic heterocycles. The van der Waals surface area contributed by atoms with Gasteiger partial charge in [-0.15, -0.1) is 0 Å². The number of aryl methyl sites for hydroxylation is 1. The Morgan fingerprint density at radius 2 is 1.79 bits per heavy atom. The molecule has 0 amide bonds. The van der Waals surface area contributed by atoms with E-state index in [9.17, 15) is 26.4 Å². The average molecular weight is 601 g/mol. The van der Waals surface area contributed by atoms with Gasteiger partial charge in [0.05, 0.1) is 29.7 Å². The van der Waals surface area contributed by atoms with Crippen LogP contribution in [0.1, 0.15) is 67.3 Å². The quantitative estimate of drug-likeness (QED) is 0.182. The SMILES string of the molecule is CCOC(=O)CCc1cc2cc(OCc3ccc(C4CCCC4)c(C(F)(F)F)c3)cnc2n1S(=O)(=O)c1ccccc1. The molecule has 0 N–H and O–H groups in total. The Morgan fingerprint density at radius 3 is 2.48 bits per heavy atom. The van der Waals surface area contributed by atoms with Crippen molar-refractivity contribution in [1.29, 1.82) is 0 Å². The molecule has 5 rings (SSSR count). The standard InChI is InChI=1S/C31H31F3N2O5S/c1-2-40-29(37)15-13-24-17-23-18-25(19-35-30(23)36(24)42(38,39)26-10-4-3-5-11-26)41-20-21-12-14-27(22-8-6-7-9-22)28(16-21)31(32,33)34/h3-5,10-12,14,16-19,22H,2,6-9,13,15,20H2,1H3. The van der Waals surface area contributed by atoms with Gasteiger partial charge < -0.3 is 9.47 Å². The maximum absolute atomic E-state index is 13.9. The predicted molar refractivity (Wildman–Crippen MR) is 151 cm³/mol. The largest absolute Gasteiger partial charge is 0.487 e. The zero-order valence-electron chi connectivity index (χ0n) is 23.1. The van der Waals surface area contributed by atoms with Crippen LogP contribution in [0.3, 0.4) is 0 Å². The summed E-state index contributed by atoms with van der Waals surface area (Å²) in [6.45, 7) is 1.77. The highest BCUT2D eigenvalue weighted by molar-refractivity contribution is 7.90. The Kier molecular flexibility index (Phi) is 8.58. The molecule has 0 atom stereocenters. The Morgan fingerprint density at radius 1 is 1.05 bits per heavy atom. The molecule has 1 fully saturated rings. The molecule has 0 saturated heterocycles. The number of pyridine rings is 1. The van der Waals surface area contributed by atoms with E-state index in [4.69, 9.17) is 9.47 Å². The predicted octanol–water partition coefficient (Wildman–Crippen LogP) is 7.02. The van der Waals surface area contributed by atoms with Crippen LogP contribution in [0.2, 0.25) is 0 Å². The second-order valence-corrected chi connectivity index (χ2v) is 12.1. The van der Waals surface area contributed by atoms with Gasteiger partial charge in [-0.2, -0.15) is 13.2 Å². The molecule has 42 heavy (non-hydrogen) atoms. The van der Waals surface area contributed by atoms with Crippen LogP contribution < -0.4 is 4.74 Å². The van der Waals surface area contributed by atoms with Crippen LogP contribution in [-0.4, -0.2) is 30.0 Å². The van der Waals surface area contributed by atoms with Gasteiger partial charge in [-0.05, 0) is 73.6 Å². The van der Waals surface area contributed by atoms with Gasteiger partial charge in [-0.3, -0.25) is 4.79 Å². The third-order valence-corrected chi connectivity index (χ3v) is 9.20. The second-order valence-electron chi connectivity index (χ2n) is 10.3. The number of benzene rings is 2. The topological polar surface area (TPSA) is 87.5 Å². The molecule has 0 spiro atoms. The fraction of sp³-hybridized carbons (Fsp3) is 0.355. The van der Waals surface area contributed by atoms with Crippen molar-refractivity contribution < 1.29 is 35.9 Å². The molecule has 1 aliphatic carbocycles. The molecule has 0 radical (unpaired) electrons. The molecule has 2 aromatic carbocycles. The van der Waals surface area contributed by atoms with Crippen LogP contribution in [0.5, 0.6) is 5.75 Å². The maximum atomic E-state index is 13.9. The summed E-state index contributed by atoms with van der Waals surface area (Å²) in [4.78, 5) is 16.4. The number of aromatic nitrogens is 2. The number of nitrogens with zero attached hydrogens (tertiary/aromatic N) is 2. The number of rotatable bonds is 10. The van der Waals surface area contributed by atoms with Gasteiger partial charge in [0.1, 0.15) is 12.4 Å². The summed E-state index contributed by atoms with van der Waals surface area (Å²) < 4.78 is 80.9. The van der Waals surface area contributed by atoms with E-state index in [0.29, 0.717) is 22.2 Å². The number of esters is 1. The number of carbonyl (C=O) groups is 1. The number of fused-ring (bicyclic) bond motifs is 1. The molecule has 0 aliphatic heterocycles. The molecular weight excluding hydrogens is 569 g/mol. The first kappa shape index (κ1) is 29.6. The first-order valence-corrected chi connectivity index (χ1v) is 15.3. The van der Waals surface area contributed by atoms with Crippen LogP contribution in [0.25, 0.3) is 11.0 Å². The maximum Gasteiger partial charge on any atom is 0.416 e. The number of hydrogen-bond acceptors (Lipinski definition) is 6. The van der Waals surface area contributed by atoms with Gasteiger partial charge in [0.25, 0.3) is 10.0 Å². The number of halogens is 3. The lowest BCUT2D eigenvalue weighted by Gasteiger charge is -2.19. The number of hydrogen-bond donors (Lipinski definition) is 0. The Labute approximate surface area is 242 Å². The van der Waals surface area contributed by atoms with Crippen molar-refractivity contribution in [3.05, 3.63) is 89.2 Å². The molecule has 1 aliphatic rings. The average Bonchev–Trinajstić information content (AvgIpc) is 3.63. The van der Waals surface area contributed by atoms with E-state index in [2.05, 4.69) is 4.98 Å². The summed E-state index contributed by atoms with van der Waals surface area (Å²) in [5.41, 5.74) is 0.555. The Hall–Kier alpha value is -3.86. The van der Waals surface area contributed by atoms with Gasteiger partial charge in [0.15, 0.2) is 5.65 Å². The van der Waals surface area contributed by atoms with E-state index in [0.717, 1.165) is 35.7 Å². The zero-order valence-corrected chi connectivity index (χ0v) is 23.9. The monoisotopic (exact) mass is 600 g/mol. The minimum atomic E-state index is -4.47. The van der Waals surface area contributed by atoms with Gasteiger partial charge in [0, 0.05) is 11.1 Å². The summed E-state index contributed by atoms with van der Waals surface area (Å²) in [5.74, 6) is -0.278. The Balaban J connectivity index is 1.44. The minimum Gasteiger partial charge on any atom is -0.487 e. The van der Waals surface area contributed by atoms with Crippen molar-refractivity contribution in [1.82, 2.24) is 8.96 Å². The lowest BCUT2D eigenvalue weighted by molar-refractivity contribution is -0.143. The number of carbonyl (C=O) groups excluding carboxylic acids is 1. The molecular formula is C31H31F3N2O5S. The van der Waals surface area contributed by atoms with Gasteiger partial charge in [0.2, 0.25) is 0 Å².